The average molecular weight is 314 g/mol. The number of hydrogen-bond donors (Lipinski definition) is 1. The van der Waals surface area contributed by atoms with E-state index in [4.69, 9.17) is 4.74 Å². The third-order valence-electron chi connectivity index (χ3n) is 4.50. The molecule has 0 amide bonds. The quantitative estimate of drug-likeness (QED) is 0.886. The molecule has 1 aromatic heterocycles. The van der Waals surface area contributed by atoms with Crippen LogP contribution in [0.1, 0.15) is 24.2 Å². The summed E-state index contributed by atoms with van der Waals surface area (Å²) in [4.78, 5) is 2.39. The Balaban J connectivity index is 1.63. The van der Waals surface area contributed by atoms with E-state index < -0.39 is 0 Å². The molecule has 2 aromatic rings. The van der Waals surface area contributed by atoms with Crippen LogP contribution in [0.3, 0.4) is 0 Å². The van der Waals surface area contributed by atoms with Crippen molar-refractivity contribution < 1.29 is 4.74 Å². The van der Waals surface area contributed by atoms with Crippen LogP contribution >= 0.6 is 0 Å². The molecule has 124 valence electrons. The summed E-state index contributed by atoms with van der Waals surface area (Å²) >= 11 is 0. The molecule has 5 nitrogen and oxygen atoms in total. The van der Waals surface area contributed by atoms with E-state index in [0.717, 1.165) is 32.8 Å². The molecular formula is C18H26N4O. The highest BCUT2D eigenvalue weighted by molar-refractivity contribution is 5.21. The number of nitrogens with one attached hydrogen (secondary N) is 1. The second-order valence-electron chi connectivity index (χ2n) is 6.01. The van der Waals surface area contributed by atoms with Crippen molar-refractivity contribution in [1.29, 1.82) is 0 Å². The molecule has 2 atom stereocenters. The van der Waals surface area contributed by atoms with Crippen LogP contribution < -0.4 is 5.32 Å². The molecule has 2 heterocycles. The highest BCUT2D eigenvalue weighted by atomic mass is 16.5. The van der Waals surface area contributed by atoms with E-state index in [1.807, 2.05) is 10.9 Å². The van der Waals surface area contributed by atoms with E-state index in [-0.39, 0.29) is 6.10 Å². The minimum atomic E-state index is 0.161. The van der Waals surface area contributed by atoms with Crippen molar-refractivity contribution in [3.8, 4) is 0 Å². The van der Waals surface area contributed by atoms with Gasteiger partial charge in [0.1, 0.15) is 0 Å². The van der Waals surface area contributed by atoms with Crippen molar-refractivity contribution in [3.05, 3.63) is 53.9 Å². The Morgan fingerprint density at radius 1 is 1.26 bits per heavy atom. The van der Waals surface area contributed by atoms with Gasteiger partial charge >= 0.3 is 0 Å². The molecule has 0 aliphatic carbocycles. The summed E-state index contributed by atoms with van der Waals surface area (Å²) in [6, 6.07) is 13.0. The van der Waals surface area contributed by atoms with E-state index in [0.29, 0.717) is 6.04 Å². The van der Waals surface area contributed by atoms with Crippen LogP contribution in [0.4, 0.5) is 0 Å². The fourth-order valence-electron chi connectivity index (χ4n) is 3.29. The topological polar surface area (TPSA) is 42.3 Å². The number of morpholine rings is 1. The summed E-state index contributed by atoms with van der Waals surface area (Å²) in [7, 11) is 2.18. The second kappa shape index (κ2) is 7.73. The van der Waals surface area contributed by atoms with Gasteiger partial charge < -0.3 is 10.1 Å². The minimum Gasteiger partial charge on any atom is -0.374 e. The Kier molecular flexibility index (Phi) is 5.43. The number of nitrogens with zero attached hydrogens (tertiary/aromatic N) is 3. The van der Waals surface area contributed by atoms with E-state index in [1.165, 1.54) is 11.3 Å². The number of benzene rings is 1. The van der Waals surface area contributed by atoms with Gasteiger partial charge in [0.25, 0.3) is 0 Å². The Morgan fingerprint density at radius 3 is 2.87 bits per heavy atom. The zero-order chi connectivity index (χ0) is 16.1. The summed E-state index contributed by atoms with van der Waals surface area (Å²) in [5.41, 5.74) is 2.54. The number of hydrogen-bond acceptors (Lipinski definition) is 4. The molecule has 1 aromatic carbocycles. The molecule has 0 unspecified atom stereocenters. The van der Waals surface area contributed by atoms with Crippen LogP contribution in [-0.2, 0) is 17.8 Å². The van der Waals surface area contributed by atoms with Gasteiger partial charge in [0.05, 0.1) is 24.4 Å². The number of likely N-dealkylation sites (N-methyl/N-ethyl adjacent to an activating group) is 1. The first-order chi connectivity index (χ1) is 11.3. The van der Waals surface area contributed by atoms with Gasteiger partial charge in [-0.2, -0.15) is 5.10 Å². The number of aryl methyl sites for hydroxylation is 1. The van der Waals surface area contributed by atoms with Crippen molar-refractivity contribution >= 4 is 0 Å². The molecule has 0 spiro atoms. The number of rotatable bonds is 6. The first-order valence-corrected chi connectivity index (χ1v) is 8.37. The molecule has 3 rings (SSSR count). The number of ether oxygens (including phenoxy) is 1. The lowest BCUT2D eigenvalue weighted by molar-refractivity contribution is -0.0615. The minimum absolute atomic E-state index is 0.161. The van der Waals surface area contributed by atoms with Crippen LogP contribution in [0.15, 0.2) is 42.6 Å². The third-order valence-corrected chi connectivity index (χ3v) is 4.50. The SMILES string of the molecule is CCn1nccc1CNC[C@@H]1OCCN(C)[C@H]1c1ccccc1. The maximum Gasteiger partial charge on any atom is 0.0896 e. The molecule has 1 aliphatic rings. The molecule has 0 saturated carbocycles. The Hall–Kier alpha value is -1.69. The normalized spacial score (nSPS) is 22.3. The van der Waals surface area contributed by atoms with Crippen molar-refractivity contribution in [2.24, 2.45) is 0 Å². The van der Waals surface area contributed by atoms with Crippen molar-refractivity contribution in [3.63, 3.8) is 0 Å². The number of aromatic nitrogens is 2. The van der Waals surface area contributed by atoms with Gasteiger partial charge in [-0.15, -0.1) is 0 Å². The summed E-state index contributed by atoms with van der Waals surface area (Å²) < 4.78 is 8.09. The summed E-state index contributed by atoms with van der Waals surface area (Å²) in [6.07, 6.45) is 2.02. The Morgan fingerprint density at radius 2 is 2.09 bits per heavy atom. The predicted octanol–water partition coefficient (Wildman–Crippen LogP) is 2.06. The highest BCUT2D eigenvalue weighted by Gasteiger charge is 2.30. The van der Waals surface area contributed by atoms with Crippen molar-refractivity contribution in [1.82, 2.24) is 20.0 Å². The van der Waals surface area contributed by atoms with E-state index in [1.54, 1.807) is 0 Å². The van der Waals surface area contributed by atoms with Crippen molar-refractivity contribution in [2.45, 2.75) is 32.2 Å². The van der Waals surface area contributed by atoms with Crippen LogP contribution in [0.25, 0.3) is 0 Å². The van der Waals surface area contributed by atoms with Crippen LogP contribution in [0, 0.1) is 0 Å². The Bertz CT molecular complexity index is 598. The monoisotopic (exact) mass is 314 g/mol. The van der Waals surface area contributed by atoms with Gasteiger partial charge in [-0.25, -0.2) is 0 Å². The predicted molar refractivity (Wildman–Crippen MR) is 91.2 cm³/mol. The lowest BCUT2D eigenvalue weighted by Crippen LogP contribution is -2.47. The molecule has 0 radical (unpaired) electrons. The van der Waals surface area contributed by atoms with Gasteiger partial charge in [0.15, 0.2) is 0 Å². The third kappa shape index (κ3) is 3.80. The van der Waals surface area contributed by atoms with Gasteiger partial charge in [-0.1, -0.05) is 30.3 Å². The maximum absolute atomic E-state index is 6.06. The maximum atomic E-state index is 6.06. The smallest absolute Gasteiger partial charge is 0.0896 e. The molecule has 1 N–H and O–H groups in total. The standard InChI is InChI=1S/C18H26N4O/c1-3-22-16(9-10-20-22)13-19-14-17-18(21(2)11-12-23-17)15-7-5-4-6-8-15/h4-10,17-19H,3,11-14H2,1-2H3/t17-,18-/m0/s1. The van der Waals surface area contributed by atoms with Crippen LogP contribution in [0.2, 0.25) is 0 Å². The molecular weight excluding hydrogens is 288 g/mol. The van der Waals surface area contributed by atoms with Gasteiger partial charge in [0, 0.05) is 32.4 Å². The van der Waals surface area contributed by atoms with Gasteiger partial charge in [-0.05, 0) is 25.6 Å². The molecule has 1 aliphatic heterocycles. The molecule has 5 heteroatoms. The van der Waals surface area contributed by atoms with Crippen molar-refractivity contribution in [2.75, 3.05) is 26.7 Å². The summed E-state index contributed by atoms with van der Waals surface area (Å²) in [5.74, 6) is 0. The average Bonchev–Trinajstić information content (AvgIpc) is 3.03. The van der Waals surface area contributed by atoms with E-state index >= 15 is 0 Å². The molecule has 1 fully saturated rings. The van der Waals surface area contributed by atoms with Gasteiger partial charge in [0.2, 0.25) is 0 Å². The van der Waals surface area contributed by atoms with Crippen LogP contribution in [-0.4, -0.2) is 47.5 Å². The zero-order valence-corrected chi connectivity index (χ0v) is 14.0. The van der Waals surface area contributed by atoms with E-state index in [9.17, 15) is 0 Å². The zero-order valence-electron chi connectivity index (χ0n) is 14.0. The fourth-order valence-corrected chi connectivity index (χ4v) is 3.29. The second-order valence-corrected chi connectivity index (χ2v) is 6.01. The van der Waals surface area contributed by atoms with Gasteiger partial charge in [-0.3, -0.25) is 9.58 Å². The van der Waals surface area contributed by atoms with Crippen LogP contribution in [0.5, 0.6) is 0 Å². The Labute approximate surface area is 138 Å². The van der Waals surface area contributed by atoms with E-state index in [2.05, 4.69) is 65.7 Å². The molecule has 1 saturated heterocycles. The summed E-state index contributed by atoms with van der Waals surface area (Å²) in [6.45, 7) is 6.43. The first-order valence-electron chi connectivity index (χ1n) is 8.37. The first kappa shape index (κ1) is 16.2. The lowest BCUT2D eigenvalue weighted by atomic mass is 9.98. The summed E-state index contributed by atoms with van der Waals surface area (Å²) in [5, 5.41) is 7.85. The molecule has 23 heavy (non-hydrogen) atoms. The fraction of sp³-hybridized carbons (Fsp3) is 0.500. The largest absolute Gasteiger partial charge is 0.374 e. The highest BCUT2D eigenvalue weighted by Crippen LogP contribution is 2.27. The lowest BCUT2D eigenvalue weighted by Gasteiger charge is -2.39. The molecule has 0 bridgehead atoms.